The van der Waals surface area contributed by atoms with Gasteiger partial charge in [-0.25, -0.2) is 4.98 Å². The molecule has 3 rings (SSSR count). The number of aliphatic hydroxyl groups excluding tert-OH is 1. The zero-order chi connectivity index (χ0) is 13.2. The number of fused-ring (bicyclic) bond motifs is 1. The first kappa shape index (κ1) is 12.4. The first-order valence-electron chi connectivity index (χ1n) is 6.98. The Morgan fingerprint density at radius 1 is 1.32 bits per heavy atom. The van der Waals surface area contributed by atoms with E-state index in [1.807, 2.05) is 24.3 Å². The van der Waals surface area contributed by atoms with Gasteiger partial charge in [-0.3, -0.25) is 0 Å². The molecule has 3 nitrogen and oxygen atoms in total. The van der Waals surface area contributed by atoms with Crippen molar-refractivity contribution in [2.24, 2.45) is 5.92 Å². The van der Waals surface area contributed by atoms with E-state index in [0.717, 1.165) is 34.7 Å². The molecule has 3 heteroatoms. The van der Waals surface area contributed by atoms with Gasteiger partial charge in [0.2, 0.25) is 0 Å². The highest BCUT2D eigenvalue weighted by molar-refractivity contribution is 5.81. The van der Waals surface area contributed by atoms with Crippen LogP contribution in [0.4, 0.5) is 5.82 Å². The number of nitrogens with zero attached hydrogens (tertiary/aromatic N) is 2. The summed E-state index contributed by atoms with van der Waals surface area (Å²) in [5.74, 6) is 1.72. The summed E-state index contributed by atoms with van der Waals surface area (Å²) in [5, 5.41) is 10.7. The van der Waals surface area contributed by atoms with Crippen LogP contribution in [-0.4, -0.2) is 23.7 Å². The van der Waals surface area contributed by atoms with Crippen LogP contribution in [0.25, 0.3) is 10.9 Å². The van der Waals surface area contributed by atoms with Crippen molar-refractivity contribution in [1.82, 2.24) is 4.98 Å². The molecule has 1 aliphatic carbocycles. The Bertz CT molecular complexity index is 578. The van der Waals surface area contributed by atoms with Crippen molar-refractivity contribution in [1.29, 1.82) is 0 Å². The number of rotatable bonds is 4. The van der Waals surface area contributed by atoms with Gasteiger partial charge >= 0.3 is 0 Å². The minimum atomic E-state index is 0.0438. The van der Waals surface area contributed by atoms with Crippen LogP contribution in [0.2, 0.25) is 0 Å². The lowest BCUT2D eigenvalue weighted by molar-refractivity contribution is 0.281. The molecule has 1 N–H and O–H groups in total. The second-order valence-electron chi connectivity index (χ2n) is 5.50. The third kappa shape index (κ3) is 2.43. The molecule has 0 spiro atoms. The molecule has 2 aromatic rings. The summed E-state index contributed by atoms with van der Waals surface area (Å²) in [5.41, 5.74) is 1.91. The Balaban J connectivity index is 1.95. The molecule has 1 fully saturated rings. The highest BCUT2D eigenvalue weighted by Gasteiger charge is 2.21. The standard InChI is InChI=1S/C16H20N2O/c1-18(10-12-5-4-6-12)16-14(11-19)9-13-7-2-3-8-15(13)17-16/h2-3,7-9,12,19H,4-6,10-11H2,1H3. The Labute approximate surface area is 113 Å². The predicted octanol–water partition coefficient (Wildman–Crippen LogP) is 2.96. The summed E-state index contributed by atoms with van der Waals surface area (Å²) < 4.78 is 0. The van der Waals surface area contributed by atoms with Gasteiger partial charge in [-0.15, -0.1) is 0 Å². The summed E-state index contributed by atoms with van der Waals surface area (Å²) in [4.78, 5) is 6.92. The quantitative estimate of drug-likeness (QED) is 0.913. The van der Waals surface area contributed by atoms with E-state index in [-0.39, 0.29) is 6.61 Å². The number of pyridine rings is 1. The molecule has 1 aliphatic rings. The molecule has 100 valence electrons. The van der Waals surface area contributed by atoms with E-state index in [1.54, 1.807) is 0 Å². The number of anilines is 1. The molecule has 0 radical (unpaired) electrons. The Kier molecular flexibility index (Phi) is 3.38. The minimum absolute atomic E-state index is 0.0438. The van der Waals surface area contributed by atoms with Gasteiger partial charge in [0, 0.05) is 24.5 Å². The fraction of sp³-hybridized carbons (Fsp3) is 0.438. The second kappa shape index (κ2) is 5.17. The van der Waals surface area contributed by atoms with E-state index in [9.17, 15) is 5.11 Å². The summed E-state index contributed by atoms with van der Waals surface area (Å²) >= 11 is 0. The number of benzene rings is 1. The van der Waals surface area contributed by atoms with Gasteiger partial charge < -0.3 is 10.0 Å². The molecular formula is C16H20N2O. The van der Waals surface area contributed by atoms with Crippen molar-refractivity contribution in [3.05, 3.63) is 35.9 Å². The van der Waals surface area contributed by atoms with Gasteiger partial charge in [0.15, 0.2) is 0 Å². The van der Waals surface area contributed by atoms with Gasteiger partial charge in [0.25, 0.3) is 0 Å². The molecule has 1 heterocycles. The molecule has 0 saturated heterocycles. The van der Waals surface area contributed by atoms with E-state index in [0.29, 0.717) is 0 Å². The van der Waals surface area contributed by atoms with Crippen molar-refractivity contribution in [2.45, 2.75) is 25.9 Å². The van der Waals surface area contributed by atoms with Crippen LogP contribution in [0.5, 0.6) is 0 Å². The van der Waals surface area contributed by atoms with Crippen LogP contribution in [-0.2, 0) is 6.61 Å². The lowest BCUT2D eigenvalue weighted by Gasteiger charge is -2.31. The van der Waals surface area contributed by atoms with Crippen LogP contribution >= 0.6 is 0 Å². The van der Waals surface area contributed by atoms with Crippen LogP contribution < -0.4 is 4.90 Å². The smallest absolute Gasteiger partial charge is 0.134 e. The van der Waals surface area contributed by atoms with Gasteiger partial charge in [-0.05, 0) is 30.9 Å². The van der Waals surface area contributed by atoms with Crippen LogP contribution in [0.1, 0.15) is 24.8 Å². The monoisotopic (exact) mass is 256 g/mol. The predicted molar refractivity (Wildman–Crippen MR) is 78.3 cm³/mol. The minimum Gasteiger partial charge on any atom is -0.392 e. The maximum Gasteiger partial charge on any atom is 0.134 e. The maximum absolute atomic E-state index is 9.57. The molecule has 0 unspecified atom stereocenters. The van der Waals surface area contributed by atoms with E-state index in [4.69, 9.17) is 4.98 Å². The Hall–Kier alpha value is -1.61. The fourth-order valence-corrected chi connectivity index (χ4v) is 2.75. The van der Waals surface area contributed by atoms with Gasteiger partial charge in [-0.2, -0.15) is 0 Å². The number of para-hydroxylation sites is 1. The lowest BCUT2D eigenvalue weighted by atomic mass is 9.85. The van der Waals surface area contributed by atoms with Crippen molar-refractivity contribution < 1.29 is 5.11 Å². The van der Waals surface area contributed by atoms with Crippen LogP contribution in [0.15, 0.2) is 30.3 Å². The second-order valence-corrected chi connectivity index (χ2v) is 5.50. The van der Waals surface area contributed by atoms with E-state index < -0.39 is 0 Å². The molecular weight excluding hydrogens is 236 g/mol. The van der Waals surface area contributed by atoms with E-state index in [2.05, 4.69) is 18.0 Å². The highest BCUT2D eigenvalue weighted by Crippen LogP contribution is 2.29. The number of hydrogen-bond donors (Lipinski definition) is 1. The SMILES string of the molecule is CN(CC1CCC1)c1nc2ccccc2cc1CO. The average Bonchev–Trinajstić information content (AvgIpc) is 2.41. The maximum atomic E-state index is 9.57. The lowest BCUT2D eigenvalue weighted by Crippen LogP contribution is -2.30. The highest BCUT2D eigenvalue weighted by atomic mass is 16.3. The first-order chi connectivity index (χ1) is 9.28. The number of hydrogen-bond acceptors (Lipinski definition) is 3. The van der Waals surface area contributed by atoms with Gasteiger partial charge in [0.1, 0.15) is 5.82 Å². The van der Waals surface area contributed by atoms with Crippen molar-refractivity contribution in [3.63, 3.8) is 0 Å². The molecule has 1 saturated carbocycles. The van der Waals surface area contributed by atoms with E-state index in [1.165, 1.54) is 19.3 Å². The van der Waals surface area contributed by atoms with Gasteiger partial charge in [0.05, 0.1) is 12.1 Å². The first-order valence-corrected chi connectivity index (χ1v) is 6.98. The van der Waals surface area contributed by atoms with Crippen molar-refractivity contribution >= 4 is 16.7 Å². The third-order valence-corrected chi connectivity index (χ3v) is 4.07. The fourth-order valence-electron chi connectivity index (χ4n) is 2.75. The molecule has 0 atom stereocenters. The number of aliphatic hydroxyl groups is 1. The molecule has 0 bridgehead atoms. The zero-order valence-corrected chi connectivity index (χ0v) is 11.3. The topological polar surface area (TPSA) is 36.4 Å². The Morgan fingerprint density at radius 3 is 2.79 bits per heavy atom. The zero-order valence-electron chi connectivity index (χ0n) is 11.3. The van der Waals surface area contributed by atoms with Crippen molar-refractivity contribution in [3.8, 4) is 0 Å². The van der Waals surface area contributed by atoms with Crippen LogP contribution in [0.3, 0.4) is 0 Å². The van der Waals surface area contributed by atoms with E-state index >= 15 is 0 Å². The van der Waals surface area contributed by atoms with Crippen LogP contribution in [0, 0.1) is 5.92 Å². The average molecular weight is 256 g/mol. The summed E-state index contributed by atoms with van der Waals surface area (Å²) in [6, 6.07) is 10.1. The summed E-state index contributed by atoms with van der Waals surface area (Å²) in [6.45, 7) is 1.08. The summed E-state index contributed by atoms with van der Waals surface area (Å²) in [6.07, 6.45) is 4.01. The molecule has 1 aromatic carbocycles. The Morgan fingerprint density at radius 2 is 2.11 bits per heavy atom. The number of aromatic nitrogens is 1. The molecule has 0 aliphatic heterocycles. The molecule has 19 heavy (non-hydrogen) atoms. The van der Waals surface area contributed by atoms with Crippen molar-refractivity contribution in [2.75, 3.05) is 18.5 Å². The van der Waals surface area contributed by atoms with Gasteiger partial charge in [-0.1, -0.05) is 24.6 Å². The molecule has 0 amide bonds. The normalized spacial score (nSPS) is 15.5. The largest absolute Gasteiger partial charge is 0.392 e. The summed E-state index contributed by atoms with van der Waals surface area (Å²) in [7, 11) is 2.08. The molecule has 1 aromatic heterocycles. The third-order valence-electron chi connectivity index (χ3n) is 4.07.